The first-order valence-corrected chi connectivity index (χ1v) is 7.32. The topological polar surface area (TPSA) is 42.4 Å². The minimum atomic E-state index is 0.0631. The van der Waals surface area contributed by atoms with Gasteiger partial charge in [0.15, 0.2) is 11.6 Å². The molecule has 1 saturated heterocycles. The van der Waals surface area contributed by atoms with E-state index in [2.05, 4.69) is 11.6 Å². The highest BCUT2D eigenvalue weighted by Gasteiger charge is 2.31. The lowest BCUT2D eigenvalue weighted by atomic mass is 10.1. The standard InChI is InChI=1S/C18H18N2O2/c1-2-14-11-17(21)20(12-14)18-16(9-6-10-19-18)22-13-15-7-4-3-5-8-15/h2-10,14H,1,11-13H2. The quantitative estimate of drug-likeness (QED) is 0.795. The molecule has 1 amide bonds. The zero-order chi connectivity index (χ0) is 15.4. The third-order valence-corrected chi connectivity index (χ3v) is 3.73. The Balaban J connectivity index is 1.78. The van der Waals surface area contributed by atoms with Crippen molar-refractivity contribution in [2.24, 2.45) is 5.92 Å². The molecule has 22 heavy (non-hydrogen) atoms. The van der Waals surface area contributed by atoms with Crippen molar-refractivity contribution in [3.63, 3.8) is 0 Å². The Morgan fingerprint density at radius 3 is 2.82 bits per heavy atom. The molecule has 4 nitrogen and oxygen atoms in total. The number of hydrogen-bond donors (Lipinski definition) is 0. The van der Waals surface area contributed by atoms with Crippen molar-refractivity contribution in [2.45, 2.75) is 13.0 Å². The van der Waals surface area contributed by atoms with Crippen LogP contribution in [0.3, 0.4) is 0 Å². The number of anilines is 1. The second-order valence-corrected chi connectivity index (χ2v) is 5.30. The van der Waals surface area contributed by atoms with E-state index in [1.807, 2.05) is 48.5 Å². The van der Waals surface area contributed by atoms with E-state index < -0.39 is 0 Å². The molecule has 1 atom stereocenters. The molecule has 0 N–H and O–H groups in total. The molecule has 3 rings (SSSR count). The molecule has 1 aliphatic heterocycles. The largest absolute Gasteiger partial charge is 0.485 e. The Bertz CT molecular complexity index is 670. The van der Waals surface area contributed by atoms with Gasteiger partial charge in [-0.15, -0.1) is 6.58 Å². The maximum atomic E-state index is 12.2. The van der Waals surface area contributed by atoms with Crippen LogP contribution in [0.25, 0.3) is 0 Å². The number of carbonyl (C=O) groups excluding carboxylic acids is 1. The SMILES string of the molecule is C=CC1CC(=O)N(c2ncccc2OCc2ccccc2)C1. The van der Waals surface area contributed by atoms with Gasteiger partial charge in [-0.25, -0.2) is 4.98 Å². The monoisotopic (exact) mass is 294 g/mol. The minimum Gasteiger partial charge on any atom is -0.485 e. The molecule has 4 heteroatoms. The van der Waals surface area contributed by atoms with Gasteiger partial charge in [0.05, 0.1) is 0 Å². The highest BCUT2D eigenvalue weighted by molar-refractivity contribution is 5.96. The molecule has 0 spiro atoms. The van der Waals surface area contributed by atoms with Gasteiger partial charge in [-0.1, -0.05) is 36.4 Å². The molecule has 1 aromatic carbocycles. The van der Waals surface area contributed by atoms with Gasteiger partial charge in [0.2, 0.25) is 5.91 Å². The van der Waals surface area contributed by atoms with Crippen molar-refractivity contribution in [3.05, 3.63) is 66.9 Å². The molecule has 2 heterocycles. The molecule has 1 aromatic heterocycles. The normalized spacial score (nSPS) is 17.5. The van der Waals surface area contributed by atoms with Crippen molar-refractivity contribution >= 4 is 11.7 Å². The van der Waals surface area contributed by atoms with Gasteiger partial charge in [-0.3, -0.25) is 9.69 Å². The van der Waals surface area contributed by atoms with Crippen LogP contribution in [0.4, 0.5) is 5.82 Å². The minimum absolute atomic E-state index is 0.0631. The maximum Gasteiger partial charge on any atom is 0.228 e. The maximum absolute atomic E-state index is 12.2. The molecule has 1 unspecified atom stereocenters. The fourth-order valence-electron chi connectivity index (χ4n) is 2.53. The Morgan fingerprint density at radius 2 is 2.09 bits per heavy atom. The summed E-state index contributed by atoms with van der Waals surface area (Å²) in [6.45, 7) is 4.84. The Kier molecular flexibility index (Phi) is 4.19. The second-order valence-electron chi connectivity index (χ2n) is 5.30. The van der Waals surface area contributed by atoms with Crippen molar-refractivity contribution in [2.75, 3.05) is 11.4 Å². The molecule has 112 valence electrons. The molecular weight excluding hydrogens is 276 g/mol. The van der Waals surface area contributed by atoms with Crippen LogP contribution >= 0.6 is 0 Å². The van der Waals surface area contributed by atoms with Gasteiger partial charge in [-0.05, 0) is 17.7 Å². The molecular formula is C18H18N2O2. The molecule has 1 aliphatic rings. The van der Waals surface area contributed by atoms with Crippen LogP contribution in [-0.4, -0.2) is 17.4 Å². The summed E-state index contributed by atoms with van der Waals surface area (Å²) in [5.74, 6) is 1.46. The number of aromatic nitrogens is 1. The number of nitrogens with zero attached hydrogens (tertiary/aromatic N) is 2. The van der Waals surface area contributed by atoms with Crippen LogP contribution in [0.2, 0.25) is 0 Å². The van der Waals surface area contributed by atoms with Gasteiger partial charge in [-0.2, -0.15) is 0 Å². The van der Waals surface area contributed by atoms with Crippen LogP contribution in [0, 0.1) is 5.92 Å². The third-order valence-electron chi connectivity index (χ3n) is 3.73. The lowest BCUT2D eigenvalue weighted by molar-refractivity contribution is -0.117. The van der Waals surface area contributed by atoms with Crippen molar-refractivity contribution < 1.29 is 9.53 Å². The Labute approximate surface area is 130 Å². The van der Waals surface area contributed by atoms with Crippen LogP contribution in [0.1, 0.15) is 12.0 Å². The van der Waals surface area contributed by atoms with Crippen molar-refractivity contribution in [1.82, 2.24) is 4.98 Å². The van der Waals surface area contributed by atoms with E-state index in [1.54, 1.807) is 11.1 Å². The van der Waals surface area contributed by atoms with Crippen molar-refractivity contribution in [1.29, 1.82) is 0 Å². The van der Waals surface area contributed by atoms with E-state index in [4.69, 9.17) is 4.74 Å². The van der Waals surface area contributed by atoms with E-state index in [-0.39, 0.29) is 11.8 Å². The van der Waals surface area contributed by atoms with Gasteiger partial charge in [0.1, 0.15) is 6.61 Å². The number of carbonyl (C=O) groups is 1. The summed E-state index contributed by atoms with van der Waals surface area (Å²) in [6, 6.07) is 13.6. The first kappa shape index (κ1) is 14.3. The fraction of sp³-hybridized carbons (Fsp3) is 0.222. The van der Waals surface area contributed by atoms with E-state index in [9.17, 15) is 4.79 Å². The first-order chi connectivity index (χ1) is 10.8. The summed E-state index contributed by atoms with van der Waals surface area (Å²) >= 11 is 0. The molecule has 0 bridgehead atoms. The van der Waals surface area contributed by atoms with Crippen LogP contribution in [0.15, 0.2) is 61.3 Å². The number of amides is 1. The molecule has 0 saturated carbocycles. The molecule has 2 aromatic rings. The van der Waals surface area contributed by atoms with Crippen LogP contribution in [0.5, 0.6) is 5.75 Å². The average molecular weight is 294 g/mol. The van der Waals surface area contributed by atoms with Gasteiger partial charge >= 0.3 is 0 Å². The van der Waals surface area contributed by atoms with E-state index >= 15 is 0 Å². The number of benzene rings is 1. The van der Waals surface area contributed by atoms with Gasteiger partial charge in [0, 0.05) is 25.1 Å². The Hall–Kier alpha value is -2.62. The number of rotatable bonds is 5. The molecule has 1 fully saturated rings. The fourth-order valence-corrected chi connectivity index (χ4v) is 2.53. The summed E-state index contributed by atoms with van der Waals surface area (Å²) < 4.78 is 5.87. The summed E-state index contributed by atoms with van der Waals surface area (Å²) in [7, 11) is 0. The van der Waals surface area contributed by atoms with Crippen LogP contribution in [-0.2, 0) is 11.4 Å². The highest BCUT2D eigenvalue weighted by Crippen LogP contribution is 2.31. The van der Waals surface area contributed by atoms with Crippen molar-refractivity contribution in [3.8, 4) is 5.75 Å². The average Bonchev–Trinajstić information content (AvgIpc) is 2.95. The van der Waals surface area contributed by atoms with E-state index in [0.717, 1.165) is 5.56 Å². The summed E-state index contributed by atoms with van der Waals surface area (Å²) in [6.07, 6.45) is 3.99. The third kappa shape index (κ3) is 3.01. The smallest absolute Gasteiger partial charge is 0.228 e. The number of hydrogen-bond acceptors (Lipinski definition) is 3. The lowest BCUT2D eigenvalue weighted by Gasteiger charge is -2.18. The zero-order valence-corrected chi connectivity index (χ0v) is 12.3. The van der Waals surface area contributed by atoms with Crippen LogP contribution < -0.4 is 9.64 Å². The predicted octanol–water partition coefficient (Wildman–Crippen LogP) is 3.20. The van der Waals surface area contributed by atoms with Gasteiger partial charge < -0.3 is 4.74 Å². The molecule has 0 aliphatic carbocycles. The number of pyridine rings is 1. The van der Waals surface area contributed by atoms with Gasteiger partial charge in [0.25, 0.3) is 0 Å². The second kappa shape index (κ2) is 6.43. The van der Waals surface area contributed by atoms with E-state index in [1.165, 1.54) is 0 Å². The summed E-state index contributed by atoms with van der Waals surface area (Å²) in [5, 5.41) is 0. The lowest BCUT2D eigenvalue weighted by Crippen LogP contribution is -2.26. The Morgan fingerprint density at radius 1 is 1.27 bits per heavy atom. The summed E-state index contributed by atoms with van der Waals surface area (Å²) in [5.41, 5.74) is 1.08. The summed E-state index contributed by atoms with van der Waals surface area (Å²) in [4.78, 5) is 18.2. The first-order valence-electron chi connectivity index (χ1n) is 7.32. The highest BCUT2D eigenvalue weighted by atomic mass is 16.5. The number of ether oxygens (including phenoxy) is 1. The predicted molar refractivity (Wildman–Crippen MR) is 85.7 cm³/mol. The van der Waals surface area contributed by atoms with E-state index in [0.29, 0.717) is 31.1 Å². The molecule has 0 radical (unpaired) electrons. The zero-order valence-electron chi connectivity index (χ0n) is 12.3.